The Morgan fingerprint density at radius 2 is 2.06 bits per heavy atom. The highest BCUT2D eigenvalue weighted by molar-refractivity contribution is 5.94. The number of aromatic nitrogens is 6. The van der Waals surface area contributed by atoms with Crippen molar-refractivity contribution in [1.29, 1.82) is 0 Å². The van der Waals surface area contributed by atoms with Crippen molar-refractivity contribution in [2.75, 3.05) is 32.8 Å². The molecule has 0 bridgehead atoms. The van der Waals surface area contributed by atoms with Gasteiger partial charge in [0, 0.05) is 19.6 Å². The fraction of sp³-hybridized carbons (Fsp3) is 0.571. The number of likely N-dealkylation sites (tertiary alicyclic amines) is 2. The molecule has 0 aromatic carbocycles. The number of hydrogen-bond acceptors (Lipinski definition) is 10. The quantitative estimate of drug-likeness (QED) is 0.598. The highest BCUT2D eigenvalue weighted by Crippen LogP contribution is 2.45. The molecule has 1 spiro atoms. The van der Waals surface area contributed by atoms with Crippen molar-refractivity contribution in [1.82, 2.24) is 40.0 Å². The highest BCUT2D eigenvalue weighted by atomic mass is 19.1. The van der Waals surface area contributed by atoms with Gasteiger partial charge in [-0.2, -0.15) is 4.68 Å². The third-order valence-electron chi connectivity index (χ3n) is 6.76. The Bertz CT molecular complexity index is 1090. The van der Waals surface area contributed by atoms with E-state index in [0.717, 1.165) is 0 Å². The van der Waals surface area contributed by atoms with Gasteiger partial charge in [-0.3, -0.25) is 14.7 Å². The third-order valence-corrected chi connectivity index (χ3v) is 6.76. The van der Waals surface area contributed by atoms with Crippen molar-refractivity contribution < 1.29 is 23.8 Å². The zero-order valence-corrected chi connectivity index (χ0v) is 18.0. The minimum atomic E-state index is -1.39. The number of aliphatic hydroxyl groups excluding tert-OH is 1. The molecule has 2 aromatic rings. The zero-order chi connectivity index (χ0) is 23.2. The van der Waals surface area contributed by atoms with E-state index in [2.05, 4.69) is 25.5 Å². The van der Waals surface area contributed by atoms with Gasteiger partial charge in [-0.25, -0.2) is 14.2 Å². The second-order valence-electron chi connectivity index (χ2n) is 8.56. The smallest absolute Gasteiger partial charge is 0.336 e. The first-order valence-electron chi connectivity index (χ1n) is 10.7. The number of halogens is 1. The molecule has 2 aromatic heterocycles. The third kappa shape index (κ3) is 3.94. The van der Waals surface area contributed by atoms with E-state index in [-0.39, 0.29) is 33.0 Å². The molecule has 3 atom stereocenters. The average Bonchev–Trinajstić information content (AvgIpc) is 3.54. The van der Waals surface area contributed by atoms with Crippen LogP contribution in [0.25, 0.3) is 5.82 Å². The molecule has 1 unspecified atom stereocenters. The summed E-state index contributed by atoms with van der Waals surface area (Å²) < 4.78 is 21.8. The first-order valence-corrected chi connectivity index (χ1v) is 10.7. The van der Waals surface area contributed by atoms with Crippen LogP contribution in [0.3, 0.4) is 0 Å². The Balaban J connectivity index is 0.00000274. The largest absolute Gasteiger partial charge is 0.456 e. The number of rotatable bonds is 5. The van der Waals surface area contributed by atoms with E-state index in [1.54, 1.807) is 11.8 Å². The predicted octanol–water partition coefficient (Wildman–Crippen LogP) is 0.215. The minimum Gasteiger partial charge on any atom is -0.456 e. The number of esters is 1. The molecule has 1 amide bonds. The minimum absolute atomic E-state index is 0. The predicted molar refractivity (Wildman–Crippen MR) is 115 cm³/mol. The number of tetrazole rings is 1. The first-order chi connectivity index (χ1) is 15.9. The lowest BCUT2D eigenvalue weighted by Gasteiger charge is -2.41. The fourth-order valence-corrected chi connectivity index (χ4v) is 4.72. The molecule has 3 aliphatic rings. The normalized spacial score (nSPS) is 26.2. The Morgan fingerprint density at radius 3 is 2.68 bits per heavy atom. The van der Waals surface area contributed by atoms with Crippen LogP contribution in [-0.4, -0.2) is 95.9 Å². The van der Waals surface area contributed by atoms with E-state index in [1.165, 1.54) is 28.3 Å². The second-order valence-corrected chi connectivity index (χ2v) is 8.56. The summed E-state index contributed by atoms with van der Waals surface area (Å²) in [7, 11) is 0. The van der Waals surface area contributed by atoms with E-state index in [9.17, 15) is 14.7 Å². The average molecular weight is 474 g/mol. The number of ether oxygens (including phenoxy) is 1. The van der Waals surface area contributed by atoms with Crippen LogP contribution in [0.5, 0.6) is 0 Å². The van der Waals surface area contributed by atoms with Crippen molar-refractivity contribution >= 4 is 11.9 Å². The van der Waals surface area contributed by atoms with Crippen LogP contribution in [0, 0.1) is 5.41 Å². The number of aliphatic hydroxyl groups is 1. The van der Waals surface area contributed by atoms with Crippen molar-refractivity contribution in [3.63, 3.8) is 0 Å². The Hall–Kier alpha value is -3.32. The second kappa shape index (κ2) is 9.14. The molecule has 2 saturated heterocycles. The van der Waals surface area contributed by atoms with Gasteiger partial charge >= 0.3 is 5.97 Å². The summed E-state index contributed by atoms with van der Waals surface area (Å²) in [6.07, 6.45) is 2.62. The molecule has 0 aliphatic carbocycles. The number of nitrogens with zero attached hydrogens (tertiary/aromatic N) is 8. The maximum atomic E-state index is 15.4. The van der Waals surface area contributed by atoms with Gasteiger partial charge in [-0.1, -0.05) is 7.43 Å². The molecule has 2 fully saturated rings. The van der Waals surface area contributed by atoms with Crippen molar-refractivity contribution in [3.05, 3.63) is 35.7 Å². The molecule has 0 saturated carbocycles. The zero-order valence-electron chi connectivity index (χ0n) is 18.0. The molecule has 182 valence electrons. The number of alkyl halides is 1. The van der Waals surface area contributed by atoms with E-state index in [1.807, 2.05) is 0 Å². The number of cyclic esters (lactones) is 1. The van der Waals surface area contributed by atoms with Crippen LogP contribution in [0.4, 0.5) is 4.39 Å². The molecule has 3 aliphatic heterocycles. The number of carbonyl (C=O) groups excluding carboxylic acids is 2. The Labute approximate surface area is 195 Å². The van der Waals surface area contributed by atoms with Gasteiger partial charge < -0.3 is 14.7 Å². The van der Waals surface area contributed by atoms with Crippen LogP contribution in [0.15, 0.2) is 30.0 Å². The van der Waals surface area contributed by atoms with Crippen LogP contribution < -0.4 is 0 Å². The van der Waals surface area contributed by atoms with Gasteiger partial charge in [0.05, 0.1) is 34.8 Å². The maximum absolute atomic E-state index is 15.4. The van der Waals surface area contributed by atoms with Crippen LogP contribution in [-0.2, 0) is 14.3 Å². The number of carbonyl (C=O) groups is 2. The Morgan fingerprint density at radius 1 is 1.26 bits per heavy atom. The molecule has 5 heterocycles. The molecule has 34 heavy (non-hydrogen) atoms. The molecular weight excluding hydrogens is 447 g/mol. The lowest BCUT2D eigenvalue weighted by Crippen LogP contribution is -2.53. The number of hydrogen-bond donors (Lipinski definition) is 1. The van der Waals surface area contributed by atoms with Crippen molar-refractivity contribution in [2.24, 2.45) is 5.41 Å². The summed E-state index contributed by atoms with van der Waals surface area (Å²) in [4.78, 5) is 36.6. The molecule has 5 rings (SSSR count). The number of amides is 1. The summed E-state index contributed by atoms with van der Waals surface area (Å²) in [5, 5.41) is 21.4. The molecule has 13 heteroatoms. The van der Waals surface area contributed by atoms with E-state index in [4.69, 9.17) is 4.74 Å². The maximum Gasteiger partial charge on any atom is 0.336 e. The van der Waals surface area contributed by atoms with Gasteiger partial charge in [0.15, 0.2) is 5.82 Å². The monoisotopic (exact) mass is 474 g/mol. The molecule has 1 N–H and O–H groups in total. The summed E-state index contributed by atoms with van der Waals surface area (Å²) in [6, 6.07) is 0. The van der Waals surface area contributed by atoms with E-state index in [0.29, 0.717) is 48.7 Å². The summed E-state index contributed by atoms with van der Waals surface area (Å²) in [5.74, 6) is -0.316. The number of β-amino-alcohol motifs (C(OH)–C–C–N with tert-alkyl or cyclic N) is 1. The van der Waals surface area contributed by atoms with Crippen LogP contribution >= 0.6 is 0 Å². The molecule has 0 radical (unpaired) electrons. The molecule has 12 nitrogen and oxygen atoms in total. The lowest BCUT2D eigenvalue weighted by molar-refractivity contribution is -0.142. The lowest BCUT2D eigenvalue weighted by atomic mass is 9.75. The summed E-state index contributed by atoms with van der Waals surface area (Å²) in [5.41, 5.74) is 0.186. The summed E-state index contributed by atoms with van der Waals surface area (Å²) >= 11 is 0. The standard InChI is InChI=1S/C20H23FN8O4.CH4/c1-12-14(10-33-18(12)31)28-5-3-20(19(28)32)2-4-27(9-16(20)21)8-15(30)13-6-23-17(7-22-13)29-11-24-25-26-29;/h6-7,11,15-16,30H,2-5,8-10H2,1H3;1H4/t15-,16?,20-;/m0./s1. The van der Waals surface area contributed by atoms with Crippen molar-refractivity contribution in [2.45, 2.75) is 39.5 Å². The highest BCUT2D eigenvalue weighted by Gasteiger charge is 2.56. The molecular formula is C21H27FN8O4. The van der Waals surface area contributed by atoms with Gasteiger partial charge in [0.25, 0.3) is 0 Å². The topological polar surface area (TPSA) is 139 Å². The SMILES string of the molecule is C.CC1=C(N2CC[C@]3(CCN(C[C@H](O)c4cnc(-n5cnnn5)cn4)CC3F)C2=O)COC1=O. The number of piperidine rings is 1. The van der Waals surface area contributed by atoms with Crippen LogP contribution in [0.2, 0.25) is 0 Å². The van der Waals surface area contributed by atoms with Crippen LogP contribution in [0.1, 0.15) is 39.0 Å². The van der Waals surface area contributed by atoms with Gasteiger partial charge in [0.1, 0.15) is 25.2 Å². The van der Waals surface area contributed by atoms with E-state index < -0.39 is 23.7 Å². The first kappa shape index (κ1) is 23.8. The van der Waals surface area contributed by atoms with Gasteiger partial charge in [-0.15, -0.1) is 5.10 Å². The van der Waals surface area contributed by atoms with Gasteiger partial charge in [-0.05, 0) is 36.7 Å². The fourth-order valence-electron chi connectivity index (χ4n) is 4.72. The van der Waals surface area contributed by atoms with E-state index >= 15 is 4.39 Å². The Kier molecular flexibility index (Phi) is 6.41. The summed E-state index contributed by atoms with van der Waals surface area (Å²) in [6.45, 7) is 2.70. The van der Waals surface area contributed by atoms with Crippen molar-refractivity contribution in [3.8, 4) is 5.82 Å². The van der Waals surface area contributed by atoms with Gasteiger partial charge in [0.2, 0.25) is 5.91 Å².